The first-order chi connectivity index (χ1) is 13.2. The second-order valence-electron chi connectivity index (χ2n) is 8.71. The minimum Gasteiger partial charge on any atom is -0.507 e. The average Bonchev–Trinajstić information content (AvgIpc) is 2.62. The largest absolute Gasteiger partial charge is 0.507 e. The molecule has 3 nitrogen and oxygen atoms in total. The van der Waals surface area contributed by atoms with Crippen LogP contribution in [0.25, 0.3) is 0 Å². The van der Waals surface area contributed by atoms with Crippen molar-refractivity contribution in [3.8, 4) is 5.75 Å². The van der Waals surface area contributed by atoms with E-state index in [1.165, 1.54) is 38.5 Å². The Balaban J connectivity index is 2.39. The van der Waals surface area contributed by atoms with E-state index in [-0.39, 0.29) is 17.8 Å². The minimum absolute atomic E-state index is 0.172. The van der Waals surface area contributed by atoms with Crippen LogP contribution in [0.15, 0.2) is 6.07 Å². The van der Waals surface area contributed by atoms with Gasteiger partial charge in [-0.3, -0.25) is 4.79 Å². The lowest BCUT2D eigenvalue weighted by atomic mass is 9.82. The van der Waals surface area contributed by atoms with Gasteiger partial charge in [0.15, 0.2) is 0 Å². The van der Waals surface area contributed by atoms with Crippen molar-refractivity contribution in [3.05, 3.63) is 28.3 Å². The van der Waals surface area contributed by atoms with Crippen LogP contribution in [-0.2, 0) is 21.4 Å². The second kappa shape index (κ2) is 12.4. The minimum atomic E-state index is -0.187. The number of thioether (sulfide) groups is 1. The molecule has 1 rings (SSSR count). The predicted molar refractivity (Wildman–Crippen MR) is 122 cm³/mol. The van der Waals surface area contributed by atoms with Crippen LogP contribution in [0.4, 0.5) is 0 Å². The Morgan fingerprint density at radius 1 is 1.04 bits per heavy atom. The molecule has 0 radical (unpaired) electrons. The standard InChI is InChI=1S/C24H40O3S/c1-7-8-9-10-11-12-14-28-15-13-27-22(25)17-20-16-21(24(4,5)6)23(26)19(3)18(20)2/h16,26H,7-15,17H2,1-6H3. The Hall–Kier alpha value is -1.16. The predicted octanol–water partition coefficient (Wildman–Crippen LogP) is 6.49. The summed E-state index contributed by atoms with van der Waals surface area (Å²) in [5.74, 6) is 2.16. The molecule has 160 valence electrons. The van der Waals surface area contributed by atoms with Gasteiger partial charge in [-0.1, -0.05) is 65.9 Å². The van der Waals surface area contributed by atoms with Crippen LogP contribution >= 0.6 is 11.8 Å². The van der Waals surface area contributed by atoms with Crippen LogP contribution in [0.5, 0.6) is 5.75 Å². The number of unbranched alkanes of at least 4 members (excludes halogenated alkanes) is 5. The highest BCUT2D eigenvalue weighted by atomic mass is 32.2. The summed E-state index contributed by atoms with van der Waals surface area (Å²) in [7, 11) is 0. The van der Waals surface area contributed by atoms with E-state index >= 15 is 0 Å². The highest BCUT2D eigenvalue weighted by Gasteiger charge is 2.22. The third-order valence-corrected chi connectivity index (χ3v) is 6.28. The zero-order chi connectivity index (χ0) is 21.2. The molecule has 1 N–H and O–H groups in total. The number of phenolic OH excluding ortho intramolecular Hbond substituents is 1. The molecule has 28 heavy (non-hydrogen) atoms. The molecule has 1 aromatic rings. The summed E-state index contributed by atoms with van der Waals surface area (Å²) in [4.78, 5) is 12.3. The zero-order valence-electron chi connectivity index (χ0n) is 18.8. The lowest BCUT2D eigenvalue weighted by Crippen LogP contribution is -2.16. The van der Waals surface area contributed by atoms with Crippen molar-refractivity contribution in [1.29, 1.82) is 0 Å². The van der Waals surface area contributed by atoms with Crippen LogP contribution in [0.2, 0.25) is 0 Å². The molecule has 0 unspecified atom stereocenters. The van der Waals surface area contributed by atoms with Crippen LogP contribution in [0.3, 0.4) is 0 Å². The Kier molecular flexibility index (Phi) is 11.0. The lowest BCUT2D eigenvalue weighted by molar-refractivity contribution is -0.142. The number of hydrogen-bond donors (Lipinski definition) is 1. The first-order valence-corrected chi connectivity index (χ1v) is 11.9. The van der Waals surface area contributed by atoms with Crippen molar-refractivity contribution in [3.63, 3.8) is 0 Å². The molecule has 0 aliphatic heterocycles. The van der Waals surface area contributed by atoms with Gasteiger partial charge in [0, 0.05) is 5.75 Å². The highest BCUT2D eigenvalue weighted by molar-refractivity contribution is 7.99. The summed E-state index contributed by atoms with van der Waals surface area (Å²) in [5.41, 5.74) is 3.48. The van der Waals surface area contributed by atoms with Gasteiger partial charge in [-0.25, -0.2) is 0 Å². The van der Waals surface area contributed by atoms with Gasteiger partial charge < -0.3 is 9.84 Å². The molecule has 1 aromatic carbocycles. The monoisotopic (exact) mass is 408 g/mol. The summed E-state index contributed by atoms with van der Waals surface area (Å²) in [6, 6.07) is 1.96. The van der Waals surface area contributed by atoms with Crippen LogP contribution in [-0.4, -0.2) is 29.2 Å². The summed E-state index contributed by atoms with van der Waals surface area (Å²) in [6.45, 7) is 12.8. The van der Waals surface area contributed by atoms with Gasteiger partial charge in [-0.15, -0.1) is 0 Å². The number of carbonyl (C=O) groups excluding carboxylic acids is 1. The fourth-order valence-corrected chi connectivity index (χ4v) is 4.05. The lowest BCUT2D eigenvalue weighted by Gasteiger charge is -2.24. The number of rotatable bonds is 12. The van der Waals surface area contributed by atoms with Gasteiger partial charge in [-0.2, -0.15) is 11.8 Å². The molecule has 0 spiro atoms. The molecular formula is C24H40O3S. The molecule has 0 aliphatic rings. The first kappa shape index (κ1) is 24.9. The van der Waals surface area contributed by atoms with E-state index in [4.69, 9.17) is 4.74 Å². The molecule has 0 fully saturated rings. The number of hydrogen-bond acceptors (Lipinski definition) is 4. The van der Waals surface area contributed by atoms with Crippen molar-refractivity contribution in [2.75, 3.05) is 18.1 Å². The number of esters is 1. The summed E-state index contributed by atoms with van der Waals surface area (Å²) in [6.07, 6.45) is 8.16. The fraction of sp³-hybridized carbons (Fsp3) is 0.708. The van der Waals surface area contributed by atoms with Crippen LogP contribution in [0, 0.1) is 13.8 Å². The molecular weight excluding hydrogens is 368 g/mol. The van der Waals surface area contributed by atoms with E-state index in [0.717, 1.165) is 33.8 Å². The number of aromatic hydroxyl groups is 1. The van der Waals surface area contributed by atoms with E-state index in [2.05, 4.69) is 27.7 Å². The van der Waals surface area contributed by atoms with Gasteiger partial charge >= 0.3 is 5.97 Å². The normalized spacial score (nSPS) is 11.6. The molecule has 0 bridgehead atoms. The Morgan fingerprint density at radius 3 is 2.32 bits per heavy atom. The topological polar surface area (TPSA) is 46.5 Å². The molecule has 0 saturated heterocycles. The zero-order valence-corrected chi connectivity index (χ0v) is 19.6. The molecule has 0 aliphatic carbocycles. The van der Waals surface area contributed by atoms with Crippen LogP contribution in [0.1, 0.15) is 88.5 Å². The Morgan fingerprint density at radius 2 is 1.68 bits per heavy atom. The average molecular weight is 409 g/mol. The van der Waals surface area contributed by atoms with Crippen molar-refractivity contribution in [2.45, 2.75) is 91.9 Å². The van der Waals surface area contributed by atoms with Crippen molar-refractivity contribution >= 4 is 17.7 Å². The third kappa shape index (κ3) is 8.46. The number of ether oxygens (including phenoxy) is 1. The van der Waals surface area contributed by atoms with E-state index in [1.54, 1.807) is 0 Å². The van der Waals surface area contributed by atoms with E-state index in [1.807, 2.05) is 31.7 Å². The first-order valence-electron chi connectivity index (χ1n) is 10.7. The Bertz CT molecular complexity index is 617. The van der Waals surface area contributed by atoms with Crippen LogP contribution < -0.4 is 0 Å². The molecule has 0 atom stereocenters. The van der Waals surface area contributed by atoms with Gasteiger partial charge in [0.1, 0.15) is 12.4 Å². The van der Waals surface area contributed by atoms with E-state index < -0.39 is 0 Å². The fourth-order valence-electron chi connectivity index (χ4n) is 3.23. The van der Waals surface area contributed by atoms with Gasteiger partial charge in [0.2, 0.25) is 0 Å². The molecule has 0 heterocycles. The maximum atomic E-state index is 12.3. The smallest absolute Gasteiger partial charge is 0.310 e. The molecule has 4 heteroatoms. The van der Waals surface area contributed by atoms with E-state index in [0.29, 0.717) is 12.4 Å². The highest BCUT2D eigenvalue weighted by Crippen LogP contribution is 2.36. The maximum Gasteiger partial charge on any atom is 0.310 e. The second-order valence-corrected chi connectivity index (χ2v) is 9.93. The number of phenols is 1. The quantitative estimate of drug-likeness (QED) is 0.317. The summed E-state index contributed by atoms with van der Waals surface area (Å²) < 4.78 is 5.43. The third-order valence-electron chi connectivity index (χ3n) is 5.25. The van der Waals surface area contributed by atoms with Crippen molar-refractivity contribution < 1.29 is 14.6 Å². The molecule has 0 aromatic heterocycles. The maximum absolute atomic E-state index is 12.3. The van der Waals surface area contributed by atoms with Gasteiger partial charge in [0.25, 0.3) is 0 Å². The summed E-state index contributed by atoms with van der Waals surface area (Å²) in [5, 5.41) is 10.5. The molecule has 0 saturated carbocycles. The Labute approximate surface area is 176 Å². The van der Waals surface area contributed by atoms with Crippen molar-refractivity contribution in [1.82, 2.24) is 0 Å². The molecule has 0 amide bonds. The van der Waals surface area contributed by atoms with E-state index in [9.17, 15) is 9.90 Å². The summed E-state index contributed by atoms with van der Waals surface area (Å²) >= 11 is 1.87. The van der Waals surface area contributed by atoms with Crippen molar-refractivity contribution in [2.24, 2.45) is 0 Å². The SMILES string of the molecule is CCCCCCCCSCCOC(=O)Cc1cc(C(C)(C)C)c(O)c(C)c1C. The van der Waals surface area contributed by atoms with Gasteiger partial charge in [0.05, 0.1) is 6.42 Å². The number of benzene rings is 1. The van der Waals surface area contributed by atoms with Gasteiger partial charge in [-0.05, 0) is 53.7 Å². The number of carbonyl (C=O) groups is 1.